The van der Waals surface area contributed by atoms with Gasteiger partial charge in [-0.15, -0.1) is 36.2 Å². The van der Waals surface area contributed by atoms with E-state index in [2.05, 4.69) is 10.3 Å². The van der Waals surface area contributed by atoms with E-state index < -0.39 is 5.97 Å². The van der Waals surface area contributed by atoms with Crippen molar-refractivity contribution in [1.29, 1.82) is 0 Å². The van der Waals surface area contributed by atoms with Crippen LogP contribution in [0.2, 0.25) is 0 Å². The molecule has 1 heterocycles. The second-order valence-electron chi connectivity index (χ2n) is 2.57. The molecule has 0 unspecified atom stereocenters. The van der Waals surface area contributed by atoms with E-state index in [1.54, 1.807) is 17.5 Å². The van der Waals surface area contributed by atoms with E-state index >= 15 is 0 Å². The number of aliphatic carboxylic acids is 1. The molecule has 0 amide bonds. The van der Waals surface area contributed by atoms with Crippen molar-refractivity contribution in [3.8, 4) is 0 Å². The van der Waals surface area contributed by atoms with Crippen LogP contribution >= 0.6 is 36.2 Å². The van der Waals surface area contributed by atoms with Gasteiger partial charge in [-0.25, -0.2) is 4.98 Å². The van der Waals surface area contributed by atoms with E-state index in [1.165, 1.54) is 0 Å². The third-order valence-electron chi connectivity index (χ3n) is 1.48. The average Bonchev–Trinajstić information content (AvgIpc) is 2.52. The van der Waals surface area contributed by atoms with Crippen molar-refractivity contribution in [1.82, 2.24) is 10.3 Å². The van der Waals surface area contributed by atoms with E-state index in [9.17, 15) is 4.79 Å². The first-order chi connectivity index (χ1) is 6.22. The first-order valence-corrected chi connectivity index (χ1v) is 4.90. The maximum absolute atomic E-state index is 10.2. The molecule has 0 radical (unpaired) electrons. The van der Waals surface area contributed by atoms with Crippen molar-refractivity contribution in [3.63, 3.8) is 0 Å². The molecule has 1 aromatic heterocycles. The molecule has 0 saturated carbocycles. The van der Waals surface area contributed by atoms with Gasteiger partial charge in [-0.2, -0.15) is 0 Å². The molecule has 0 saturated heterocycles. The second kappa shape index (κ2) is 8.91. The number of hydrogen-bond donors (Lipinski definition) is 2. The van der Waals surface area contributed by atoms with Crippen LogP contribution in [0.5, 0.6) is 0 Å². The number of aromatic nitrogens is 1. The molecule has 0 atom stereocenters. The van der Waals surface area contributed by atoms with Crippen molar-refractivity contribution < 1.29 is 9.90 Å². The summed E-state index contributed by atoms with van der Waals surface area (Å²) in [6.07, 6.45) is 2.72. The Labute approximate surface area is 105 Å². The molecule has 0 aromatic carbocycles. The first-order valence-electron chi connectivity index (χ1n) is 4.08. The summed E-state index contributed by atoms with van der Waals surface area (Å²) >= 11 is 1.62. The summed E-state index contributed by atoms with van der Waals surface area (Å²) in [6, 6.07) is 0. The van der Waals surface area contributed by atoms with Crippen molar-refractivity contribution >= 4 is 42.1 Å². The Morgan fingerprint density at radius 3 is 2.73 bits per heavy atom. The van der Waals surface area contributed by atoms with E-state index in [1.807, 2.05) is 6.92 Å². The topological polar surface area (TPSA) is 62.2 Å². The van der Waals surface area contributed by atoms with E-state index in [4.69, 9.17) is 5.11 Å². The number of halogens is 2. The highest BCUT2D eigenvalue weighted by molar-refractivity contribution is 7.11. The van der Waals surface area contributed by atoms with Crippen LogP contribution in [-0.2, 0) is 17.8 Å². The van der Waals surface area contributed by atoms with Crippen LogP contribution in [0.15, 0.2) is 6.20 Å². The van der Waals surface area contributed by atoms with E-state index in [0.29, 0.717) is 6.54 Å². The Hall–Kier alpha value is -0.360. The van der Waals surface area contributed by atoms with Crippen molar-refractivity contribution in [2.75, 3.05) is 6.54 Å². The smallest absolute Gasteiger partial charge is 0.317 e. The standard InChI is InChI=1S/C8H12N2O2S.2ClH/c1-2-7-10-4-6(13-7)3-9-5-8(11)12;;/h4,9H,2-3,5H2,1H3,(H,11,12);2*1H. The van der Waals surface area contributed by atoms with Gasteiger partial charge in [0.05, 0.1) is 11.6 Å². The van der Waals surface area contributed by atoms with Crippen LogP contribution in [0, 0.1) is 0 Å². The van der Waals surface area contributed by atoms with Crippen LogP contribution < -0.4 is 5.32 Å². The van der Waals surface area contributed by atoms with Crippen LogP contribution in [0.4, 0.5) is 0 Å². The van der Waals surface area contributed by atoms with Crippen molar-refractivity contribution in [2.24, 2.45) is 0 Å². The van der Waals surface area contributed by atoms with Gasteiger partial charge >= 0.3 is 5.97 Å². The van der Waals surface area contributed by atoms with Crippen LogP contribution in [0.1, 0.15) is 16.8 Å². The van der Waals surface area contributed by atoms with Gasteiger partial charge in [-0.1, -0.05) is 6.92 Å². The molecular formula is C8H14Cl2N2O2S. The molecule has 1 rings (SSSR count). The summed E-state index contributed by atoms with van der Waals surface area (Å²) < 4.78 is 0. The number of aryl methyl sites for hydroxylation is 1. The molecule has 88 valence electrons. The maximum Gasteiger partial charge on any atom is 0.317 e. The largest absolute Gasteiger partial charge is 0.480 e. The number of rotatable bonds is 5. The number of carboxylic acid groups (broad SMARTS) is 1. The minimum absolute atomic E-state index is 0. The summed E-state index contributed by atoms with van der Waals surface area (Å²) in [5, 5.41) is 12.3. The summed E-state index contributed by atoms with van der Waals surface area (Å²) in [5.41, 5.74) is 0. The van der Waals surface area contributed by atoms with Crippen molar-refractivity contribution in [3.05, 3.63) is 16.1 Å². The summed E-state index contributed by atoms with van der Waals surface area (Å²) in [5.74, 6) is -0.833. The number of hydrogen-bond acceptors (Lipinski definition) is 4. The predicted octanol–water partition coefficient (Wildman–Crippen LogP) is 1.72. The lowest BCUT2D eigenvalue weighted by molar-refractivity contribution is -0.135. The lowest BCUT2D eigenvalue weighted by Gasteiger charge is -1.96. The molecule has 4 nitrogen and oxygen atoms in total. The molecule has 0 aliphatic heterocycles. The summed E-state index contributed by atoms with van der Waals surface area (Å²) in [4.78, 5) is 15.4. The molecule has 1 aromatic rings. The quantitative estimate of drug-likeness (QED) is 0.857. The maximum atomic E-state index is 10.2. The Bertz CT molecular complexity index is 294. The van der Waals surface area contributed by atoms with Gasteiger partial charge in [0.1, 0.15) is 0 Å². The van der Waals surface area contributed by atoms with Crippen LogP contribution in [0.3, 0.4) is 0 Å². The average molecular weight is 273 g/mol. The Kier molecular flexibility index (Phi) is 10.1. The van der Waals surface area contributed by atoms with Gasteiger partial charge in [0.2, 0.25) is 0 Å². The van der Waals surface area contributed by atoms with Gasteiger partial charge in [0, 0.05) is 17.6 Å². The molecule has 0 spiro atoms. The van der Waals surface area contributed by atoms with Gasteiger partial charge < -0.3 is 10.4 Å². The third kappa shape index (κ3) is 6.67. The predicted molar refractivity (Wildman–Crippen MR) is 65.3 cm³/mol. The molecule has 0 aliphatic rings. The molecular weight excluding hydrogens is 259 g/mol. The minimum Gasteiger partial charge on any atom is -0.480 e. The van der Waals surface area contributed by atoms with E-state index in [0.717, 1.165) is 16.3 Å². The third-order valence-corrected chi connectivity index (χ3v) is 2.62. The minimum atomic E-state index is -0.833. The number of thiazole rings is 1. The van der Waals surface area contributed by atoms with Gasteiger partial charge in [0.15, 0.2) is 0 Å². The lowest BCUT2D eigenvalue weighted by atomic mass is 10.5. The highest BCUT2D eigenvalue weighted by atomic mass is 35.5. The van der Waals surface area contributed by atoms with E-state index in [-0.39, 0.29) is 31.4 Å². The fourth-order valence-corrected chi connectivity index (χ4v) is 1.72. The van der Waals surface area contributed by atoms with Crippen LogP contribution in [0.25, 0.3) is 0 Å². The normalized spacial score (nSPS) is 8.87. The molecule has 0 aliphatic carbocycles. The number of carbonyl (C=O) groups is 1. The summed E-state index contributed by atoms with van der Waals surface area (Å²) in [7, 11) is 0. The zero-order valence-electron chi connectivity index (χ0n) is 8.23. The Balaban J connectivity index is 0. The zero-order chi connectivity index (χ0) is 9.68. The molecule has 7 heteroatoms. The van der Waals surface area contributed by atoms with Gasteiger partial charge in [-0.05, 0) is 6.42 Å². The molecule has 0 bridgehead atoms. The summed E-state index contributed by atoms with van der Waals surface area (Å²) in [6.45, 7) is 2.64. The van der Waals surface area contributed by atoms with Gasteiger partial charge in [0.25, 0.3) is 0 Å². The fourth-order valence-electron chi connectivity index (χ4n) is 0.886. The number of carboxylic acids is 1. The zero-order valence-corrected chi connectivity index (χ0v) is 10.7. The van der Waals surface area contributed by atoms with Crippen LogP contribution in [-0.4, -0.2) is 22.6 Å². The monoisotopic (exact) mass is 272 g/mol. The molecule has 15 heavy (non-hydrogen) atoms. The molecule has 0 fully saturated rings. The highest BCUT2D eigenvalue weighted by Gasteiger charge is 2.00. The SMILES string of the molecule is CCc1ncc(CNCC(=O)O)s1.Cl.Cl. The number of nitrogens with one attached hydrogen (secondary N) is 1. The highest BCUT2D eigenvalue weighted by Crippen LogP contribution is 2.12. The lowest BCUT2D eigenvalue weighted by Crippen LogP contribution is -2.21. The first kappa shape index (κ1) is 17.0. The van der Waals surface area contributed by atoms with Crippen molar-refractivity contribution in [2.45, 2.75) is 19.9 Å². The Morgan fingerprint density at radius 2 is 2.27 bits per heavy atom. The number of nitrogens with zero attached hydrogens (tertiary/aromatic N) is 1. The van der Waals surface area contributed by atoms with Gasteiger partial charge in [-0.3, -0.25) is 4.79 Å². The second-order valence-corrected chi connectivity index (χ2v) is 3.77. The molecule has 2 N–H and O–H groups in total. The Morgan fingerprint density at radius 1 is 1.60 bits per heavy atom. The fraction of sp³-hybridized carbons (Fsp3) is 0.500.